The van der Waals surface area contributed by atoms with Crippen molar-refractivity contribution < 1.29 is 57.5 Å². The standard InChI is InChI=1S/C67H102Cl2N12O12/c1-17-19-25-48-62(89)80(16)67(8,9)66(93)72-50(32-41(3)4)61(88)79(15)53(64(91)81-30-20-21-31-81)37-55(83)77(13)51(33-42(5)6)60(87)73-58(43(7)18-2)65(92)76(12)39-56(84)74(10)40-57(85)78(14)52(36-44-26-28-46(68)29-27-44)63(90)75(11)38-54(82)70-49(59(86)71-48)35-45-23-22-24-47(69)34-45/h22-24,26-29,34,41-43,48-53,58H,17-21,25,30-33,35-40H2,1-16H3,(H,70,82)(H,71,86)(H,72,93)(H,73,87)/t43-,48-,49-,50-,51-,52-,53-,58-/m0/s1. The monoisotopic (exact) mass is 1340 g/mol. The molecule has 516 valence electrons. The summed E-state index contributed by atoms with van der Waals surface area (Å²) in [5, 5.41) is 12.1. The number of nitrogens with zero attached hydrogens (tertiary/aromatic N) is 8. The Balaban J connectivity index is 1.88. The van der Waals surface area contributed by atoms with Crippen molar-refractivity contribution in [2.24, 2.45) is 17.8 Å². The van der Waals surface area contributed by atoms with E-state index >= 15 is 4.79 Å². The molecule has 2 aliphatic heterocycles. The molecule has 2 aliphatic rings. The summed E-state index contributed by atoms with van der Waals surface area (Å²) in [4.78, 5) is 185. The highest BCUT2D eigenvalue weighted by atomic mass is 35.5. The van der Waals surface area contributed by atoms with Crippen LogP contribution < -0.4 is 21.3 Å². The molecule has 0 spiro atoms. The Morgan fingerprint density at radius 2 is 1.16 bits per heavy atom. The van der Waals surface area contributed by atoms with Gasteiger partial charge in [-0.2, -0.15) is 0 Å². The number of rotatable bonds is 14. The van der Waals surface area contributed by atoms with Gasteiger partial charge >= 0.3 is 0 Å². The van der Waals surface area contributed by atoms with E-state index in [1.165, 1.54) is 73.0 Å². The molecule has 0 aliphatic carbocycles. The lowest BCUT2D eigenvalue weighted by atomic mass is 9.95. The number of halogens is 2. The second kappa shape index (κ2) is 35.8. The van der Waals surface area contributed by atoms with E-state index in [0.717, 1.165) is 24.5 Å². The minimum atomic E-state index is -1.70. The average Bonchev–Trinajstić information content (AvgIpc) is 1.08. The summed E-state index contributed by atoms with van der Waals surface area (Å²) >= 11 is 12.6. The number of likely N-dealkylation sites (tertiary alicyclic amines) is 1. The van der Waals surface area contributed by atoms with Crippen LogP contribution in [-0.2, 0) is 70.4 Å². The van der Waals surface area contributed by atoms with Crippen molar-refractivity contribution >= 4 is 94.1 Å². The van der Waals surface area contributed by atoms with Crippen molar-refractivity contribution in [1.82, 2.24) is 60.5 Å². The second-order valence-corrected chi connectivity index (χ2v) is 27.4. The first-order valence-corrected chi connectivity index (χ1v) is 33.1. The first-order chi connectivity index (χ1) is 43.5. The molecule has 0 bridgehead atoms. The zero-order valence-electron chi connectivity index (χ0n) is 57.4. The molecule has 93 heavy (non-hydrogen) atoms. The van der Waals surface area contributed by atoms with E-state index in [9.17, 15) is 52.7 Å². The van der Waals surface area contributed by atoms with Crippen LogP contribution in [0.25, 0.3) is 0 Å². The molecule has 0 saturated carbocycles. The Hall–Kier alpha value is -7.34. The van der Waals surface area contributed by atoms with E-state index in [1.807, 2.05) is 41.5 Å². The maximum Gasteiger partial charge on any atom is 0.246 e. The van der Waals surface area contributed by atoms with Crippen LogP contribution in [0.2, 0.25) is 10.0 Å². The molecule has 2 aromatic rings. The predicted molar refractivity (Wildman–Crippen MR) is 356 cm³/mol. The predicted octanol–water partition coefficient (Wildman–Crippen LogP) is 4.17. The normalized spacial score (nSPS) is 24.0. The third-order valence-electron chi connectivity index (χ3n) is 17.8. The van der Waals surface area contributed by atoms with Crippen LogP contribution in [0.4, 0.5) is 0 Å². The van der Waals surface area contributed by atoms with Crippen LogP contribution in [0.1, 0.15) is 131 Å². The van der Waals surface area contributed by atoms with Gasteiger partial charge in [-0.05, 0) is 99.1 Å². The molecule has 2 fully saturated rings. The Morgan fingerprint density at radius 1 is 0.570 bits per heavy atom. The number of amides is 12. The summed E-state index contributed by atoms with van der Waals surface area (Å²) in [7, 11) is 9.70. The summed E-state index contributed by atoms with van der Waals surface area (Å²) in [6.07, 6.45) is 2.42. The Bertz CT molecular complexity index is 2980. The average molecular weight is 1340 g/mol. The first-order valence-electron chi connectivity index (χ1n) is 32.3. The minimum absolute atomic E-state index is 0.0589. The molecule has 2 saturated heterocycles. The molecule has 4 rings (SSSR count). The van der Waals surface area contributed by atoms with E-state index in [2.05, 4.69) is 21.3 Å². The fourth-order valence-electron chi connectivity index (χ4n) is 11.2. The van der Waals surface area contributed by atoms with Gasteiger partial charge in [-0.1, -0.05) is 115 Å². The lowest BCUT2D eigenvalue weighted by Crippen LogP contribution is -2.63. The quantitative estimate of drug-likeness (QED) is 0.208. The molecule has 2 aromatic carbocycles. The molecule has 26 heteroatoms. The maximum atomic E-state index is 15.1. The van der Waals surface area contributed by atoms with E-state index in [0.29, 0.717) is 66.4 Å². The van der Waals surface area contributed by atoms with E-state index in [1.54, 1.807) is 60.4 Å². The Morgan fingerprint density at radius 3 is 1.74 bits per heavy atom. The van der Waals surface area contributed by atoms with Gasteiger partial charge in [0.05, 0.1) is 26.1 Å². The van der Waals surface area contributed by atoms with E-state index in [-0.39, 0.29) is 43.9 Å². The van der Waals surface area contributed by atoms with Crippen LogP contribution in [0.15, 0.2) is 48.5 Å². The number of likely N-dealkylation sites (N-methyl/N-ethyl adjacent to an activating group) is 7. The molecule has 24 nitrogen and oxygen atoms in total. The highest BCUT2D eigenvalue weighted by molar-refractivity contribution is 6.30. The van der Waals surface area contributed by atoms with Crippen molar-refractivity contribution in [3.8, 4) is 0 Å². The maximum absolute atomic E-state index is 15.1. The van der Waals surface area contributed by atoms with Gasteiger partial charge in [0.1, 0.15) is 47.8 Å². The molecule has 2 heterocycles. The summed E-state index contributed by atoms with van der Waals surface area (Å²) in [6, 6.07) is 4.27. The van der Waals surface area contributed by atoms with Gasteiger partial charge in [0.15, 0.2) is 0 Å². The Labute approximate surface area is 559 Å². The van der Waals surface area contributed by atoms with Crippen molar-refractivity contribution in [1.29, 1.82) is 0 Å². The third-order valence-corrected chi connectivity index (χ3v) is 18.3. The van der Waals surface area contributed by atoms with Gasteiger partial charge in [0.2, 0.25) is 70.9 Å². The lowest BCUT2D eigenvalue weighted by molar-refractivity contribution is -0.151. The van der Waals surface area contributed by atoms with Gasteiger partial charge in [0, 0.05) is 85.3 Å². The SMILES string of the molecule is CCCC[C@@H]1NC(=O)[C@H](Cc2cccc(Cl)c2)NC(=O)CN(C)C(=O)[C@H](Cc2ccc(Cl)cc2)N(C)C(=O)CN(C)C(=O)CN(C)C(=O)[C@H]([C@@H](C)CC)NC(=O)[C@H](CC(C)C)N(C)C(=O)C[C@@H](C(=O)N2CCCC2)N(C)C(=O)[C@H](CC(C)C)NC(=O)C(C)(C)N(C)C1=O. The van der Waals surface area contributed by atoms with Gasteiger partial charge < -0.3 is 60.5 Å². The van der Waals surface area contributed by atoms with Crippen molar-refractivity contribution in [2.45, 2.75) is 181 Å². The molecule has 12 amide bonds. The van der Waals surface area contributed by atoms with E-state index in [4.69, 9.17) is 23.2 Å². The zero-order valence-corrected chi connectivity index (χ0v) is 59.0. The molecular weight excluding hydrogens is 1240 g/mol. The van der Waals surface area contributed by atoms with Crippen LogP contribution >= 0.6 is 23.2 Å². The van der Waals surface area contributed by atoms with Gasteiger partial charge in [-0.25, -0.2) is 0 Å². The van der Waals surface area contributed by atoms with Crippen molar-refractivity contribution in [3.63, 3.8) is 0 Å². The van der Waals surface area contributed by atoms with Gasteiger partial charge in [-0.15, -0.1) is 0 Å². The zero-order chi connectivity index (χ0) is 69.9. The highest BCUT2D eigenvalue weighted by Gasteiger charge is 2.44. The largest absolute Gasteiger partial charge is 0.343 e. The highest BCUT2D eigenvalue weighted by Crippen LogP contribution is 2.24. The lowest BCUT2D eigenvalue weighted by Gasteiger charge is -2.39. The number of nitrogens with one attached hydrogen (secondary N) is 4. The Kier molecular flexibility index (Phi) is 30.1. The molecular formula is C67H102Cl2N12O12. The smallest absolute Gasteiger partial charge is 0.246 e. The number of benzene rings is 2. The molecule has 4 N–H and O–H groups in total. The summed E-state index contributed by atoms with van der Waals surface area (Å²) in [5.41, 5.74) is -0.565. The van der Waals surface area contributed by atoms with E-state index < -0.39 is 151 Å². The molecule has 0 aromatic heterocycles. The molecule has 0 radical (unpaired) electrons. The first kappa shape index (κ1) is 78.1. The summed E-state index contributed by atoms with van der Waals surface area (Å²) in [5.74, 6) is -9.05. The number of hydrogen-bond donors (Lipinski definition) is 4. The fourth-order valence-corrected chi connectivity index (χ4v) is 11.6. The minimum Gasteiger partial charge on any atom is -0.343 e. The van der Waals surface area contributed by atoms with Gasteiger partial charge in [0.25, 0.3) is 0 Å². The van der Waals surface area contributed by atoms with Crippen LogP contribution in [-0.4, -0.2) is 240 Å². The number of carbonyl (C=O) groups is 12. The number of carbonyl (C=O) groups excluding carboxylic acids is 12. The molecule has 0 unspecified atom stereocenters. The van der Waals surface area contributed by atoms with Crippen LogP contribution in [0, 0.1) is 17.8 Å². The van der Waals surface area contributed by atoms with Crippen LogP contribution in [0.3, 0.4) is 0 Å². The fraction of sp³-hybridized carbons (Fsp3) is 0.642. The van der Waals surface area contributed by atoms with Crippen molar-refractivity contribution in [2.75, 3.05) is 82.1 Å². The summed E-state index contributed by atoms with van der Waals surface area (Å²) < 4.78 is 0. The number of hydrogen-bond acceptors (Lipinski definition) is 12. The van der Waals surface area contributed by atoms with Crippen molar-refractivity contribution in [3.05, 3.63) is 69.7 Å². The topological polar surface area (TPSA) is 279 Å². The summed E-state index contributed by atoms with van der Waals surface area (Å²) in [6.45, 7) is 14.9. The van der Waals surface area contributed by atoms with Gasteiger partial charge in [-0.3, -0.25) is 57.5 Å². The third kappa shape index (κ3) is 22.1. The molecule has 8 atom stereocenters. The second-order valence-electron chi connectivity index (χ2n) is 26.5. The van der Waals surface area contributed by atoms with Crippen LogP contribution in [0.5, 0.6) is 0 Å². The number of unbranched alkanes of at least 4 members (excludes halogenated alkanes) is 1.